The molecule has 2 rings (SSSR count). The third-order valence-corrected chi connectivity index (χ3v) is 3.09. The van der Waals surface area contributed by atoms with Gasteiger partial charge in [-0.05, 0) is 30.7 Å². The topological polar surface area (TPSA) is 72.9 Å². The fraction of sp³-hybridized carbons (Fsp3) is 0.154. The van der Waals surface area contributed by atoms with E-state index in [2.05, 4.69) is 10.4 Å². The van der Waals surface area contributed by atoms with Gasteiger partial charge in [0.2, 0.25) is 0 Å². The van der Waals surface area contributed by atoms with Gasteiger partial charge in [0.15, 0.2) is 0 Å². The third-order valence-electron chi connectivity index (χ3n) is 2.87. The zero-order valence-electron chi connectivity index (χ0n) is 11.0. The van der Waals surface area contributed by atoms with Gasteiger partial charge in [-0.15, -0.1) is 0 Å². The number of nitrogens with one attached hydrogen (secondary N) is 1. The van der Waals surface area contributed by atoms with E-state index in [4.69, 9.17) is 18.0 Å². The predicted molar refractivity (Wildman–Crippen MR) is 78.2 cm³/mol. The van der Waals surface area contributed by atoms with E-state index < -0.39 is 0 Å². The summed E-state index contributed by atoms with van der Waals surface area (Å²) in [6.45, 7) is 1.66. The zero-order chi connectivity index (χ0) is 14.9. The molecule has 0 fully saturated rings. The van der Waals surface area contributed by atoms with E-state index in [0.717, 1.165) is 0 Å². The van der Waals surface area contributed by atoms with Crippen molar-refractivity contribution in [3.63, 3.8) is 0 Å². The van der Waals surface area contributed by atoms with Crippen LogP contribution in [0.25, 0.3) is 0 Å². The summed E-state index contributed by atoms with van der Waals surface area (Å²) in [6, 6.07) is 3.96. The van der Waals surface area contributed by atoms with Crippen LogP contribution in [-0.2, 0) is 7.05 Å². The summed E-state index contributed by atoms with van der Waals surface area (Å²) in [5.41, 5.74) is 6.97. The standard InChI is InChI=1S/C13H13FN4OS/c1-7-5-8(14)3-4-9(7)13(19)17-12-10(11(15)20)6-16-18(12)2/h3-6H,1-2H3,(H2,15,20)(H,17,19). The number of hydrogen-bond donors (Lipinski definition) is 2. The number of aromatic nitrogens is 2. The molecule has 104 valence electrons. The molecule has 20 heavy (non-hydrogen) atoms. The van der Waals surface area contributed by atoms with Crippen molar-refractivity contribution in [1.82, 2.24) is 9.78 Å². The van der Waals surface area contributed by atoms with Gasteiger partial charge in [0.25, 0.3) is 5.91 Å². The molecule has 2 aromatic rings. The van der Waals surface area contributed by atoms with Gasteiger partial charge < -0.3 is 11.1 Å². The number of carbonyl (C=O) groups is 1. The SMILES string of the molecule is Cc1cc(F)ccc1C(=O)Nc1c(C(N)=S)cnn1C. The maximum atomic E-state index is 13.0. The Kier molecular flexibility index (Phi) is 3.80. The van der Waals surface area contributed by atoms with Gasteiger partial charge in [0.1, 0.15) is 16.6 Å². The first kappa shape index (κ1) is 14.1. The summed E-state index contributed by atoms with van der Waals surface area (Å²) >= 11 is 4.90. The van der Waals surface area contributed by atoms with Gasteiger partial charge in [-0.1, -0.05) is 12.2 Å². The first-order valence-electron chi connectivity index (χ1n) is 5.79. The number of anilines is 1. The number of nitrogens with two attached hydrogens (primary N) is 1. The minimum atomic E-state index is -0.386. The van der Waals surface area contributed by atoms with E-state index in [1.807, 2.05) is 0 Å². The molecule has 1 heterocycles. The van der Waals surface area contributed by atoms with Gasteiger partial charge >= 0.3 is 0 Å². The van der Waals surface area contributed by atoms with Crippen molar-refractivity contribution >= 4 is 28.9 Å². The molecule has 0 atom stereocenters. The Morgan fingerprint density at radius 1 is 1.45 bits per heavy atom. The largest absolute Gasteiger partial charge is 0.389 e. The molecule has 0 saturated carbocycles. The Hall–Kier alpha value is -2.28. The molecule has 0 aliphatic rings. The van der Waals surface area contributed by atoms with Crippen LogP contribution in [0.5, 0.6) is 0 Å². The highest BCUT2D eigenvalue weighted by atomic mass is 32.1. The van der Waals surface area contributed by atoms with E-state index in [0.29, 0.717) is 22.5 Å². The van der Waals surface area contributed by atoms with Crippen molar-refractivity contribution in [1.29, 1.82) is 0 Å². The van der Waals surface area contributed by atoms with Gasteiger partial charge in [0.05, 0.1) is 11.8 Å². The third kappa shape index (κ3) is 2.67. The van der Waals surface area contributed by atoms with Crippen molar-refractivity contribution in [2.75, 3.05) is 5.32 Å². The molecule has 0 aliphatic carbocycles. The van der Waals surface area contributed by atoms with E-state index >= 15 is 0 Å². The fourth-order valence-electron chi connectivity index (χ4n) is 1.82. The highest BCUT2D eigenvalue weighted by Crippen LogP contribution is 2.17. The molecular formula is C13H13FN4OS. The Morgan fingerprint density at radius 3 is 2.75 bits per heavy atom. The summed E-state index contributed by atoms with van der Waals surface area (Å²) in [7, 11) is 1.66. The fourth-order valence-corrected chi connectivity index (χ4v) is 1.97. The number of benzene rings is 1. The van der Waals surface area contributed by atoms with Crippen molar-refractivity contribution in [2.24, 2.45) is 12.8 Å². The molecule has 5 nitrogen and oxygen atoms in total. The van der Waals surface area contributed by atoms with Crippen LogP contribution in [0, 0.1) is 12.7 Å². The minimum Gasteiger partial charge on any atom is -0.389 e. The van der Waals surface area contributed by atoms with Crippen molar-refractivity contribution in [3.05, 3.63) is 46.9 Å². The van der Waals surface area contributed by atoms with Crippen LogP contribution >= 0.6 is 12.2 Å². The Morgan fingerprint density at radius 2 is 2.15 bits per heavy atom. The van der Waals surface area contributed by atoms with Gasteiger partial charge in [0, 0.05) is 12.6 Å². The lowest BCUT2D eigenvalue weighted by Crippen LogP contribution is -2.19. The predicted octanol–water partition coefficient (Wildman–Crippen LogP) is 1.75. The Labute approximate surface area is 120 Å². The number of halogens is 1. The van der Waals surface area contributed by atoms with E-state index in [1.54, 1.807) is 14.0 Å². The molecule has 0 bridgehead atoms. The number of rotatable bonds is 3. The van der Waals surface area contributed by atoms with Crippen LogP contribution in [-0.4, -0.2) is 20.7 Å². The first-order valence-corrected chi connectivity index (χ1v) is 6.20. The van der Waals surface area contributed by atoms with Gasteiger partial charge in [-0.2, -0.15) is 5.10 Å². The number of carbonyl (C=O) groups excluding carboxylic acids is 1. The molecule has 3 N–H and O–H groups in total. The average Bonchev–Trinajstić information content (AvgIpc) is 2.71. The molecule has 0 spiro atoms. The number of hydrogen-bond acceptors (Lipinski definition) is 3. The summed E-state index contributed by atoms with van der Waals surface area (Å²) < 4.78 is 14.5. The quantitative estimate of drug-likeness (QED) is 0.845. The number of amides is 1. The first-order chi connectivity index (χ1) is 9.40. The number of thiocarbonyl (C=S) groups is 1. The maximum absolute atomic E-state index is 13.0. The lowest BCUT2D eigenvalue weighted by molar-refractivity contribution is 0.102. The molecule has 0 radical (unpaired) electrons. The van der Waals surface area contributed by atoms with Crippen LogP contribution in [0.15, 0.2) is 24.4 Å². The molecule has 7 heteroatoms. The monoisotopic (exact) mass is 292 g/mol. The molecule has 0 unspecified atom stereocenters. The second kappa shape index (κ2) is 5.38. The van der Waals surface area contributed by atoms with Crippen molar-refractivity contribution < 1.29 is 9.18 Å². The lowest BCUT2D eigenvalue weighted by atomic mass is 10.1. The Balaban J connectivity index is 2.33. The summed E-state index contributed by atoms with van der Waals surface area (Å²) in [5.74, 6) is -0.349. The smallest absolute Gasteiger partial charge is 0.257 e. The highest BCUT2D eigenvalue weighted by molar-refractivity contribution is 7.80. The lowest BCUT2D eigenvalue weighted by Gasteiger charge is -2.09. The summed E-state index contributed by atoms with van der Waals surface area (Å²) in [4.78, 5) is 12.4. The zero-order valence-corrected chi connectivity index (χ0v) is 11.8. The molecule has 1 aromatic heterocycles. The van der Waals surface area contributed by atoms with Crippen LogP contribution in [0.2, 0.25) is 0 Å². The van der Waals surface area contributed by atoms with Crippen molar-refractivity contribution in [2.45, 2.75) is 6.92 Å². The summed E-state index contributed by atoms with van der Waals surface area (Å²) in [5, 5.41) is 6.68. The van der Waals surface area contributed by atoms with Crippen LogP contribution in [0.4, 0.5) is 10.2 Å². The van der Waals surface area contributed by atoms with Gasteiger partial charge in [-0.3, -0.25) is 9.48 Å². The van der Waals surface area contributed by atoms with E-state index in [-0.39, 0.29) is 16.7 Å². The molecular weight excluding hydrogens is 279 g/mol. The Bertz CT molecular complexity index is 696. The minimum absolute atomic E-state index is 0.143. The number of aryl methyl sites for hydroxylation is 2. The average molecular weight is 292 g/mol. The second-order valence-corrected chi connectivity index (χ2v) is 4.75. The van der Waals surface area contributed by atoms with Gasteiger partial charge in [-0.25, -0.2) is 4.39 Å². The maximum Gasteiger partial charge on any atom is 0.257 e. The second-order valence-electron chi connectivity index (χ2n) is 4.31. The molecule has 0 aliphatic heterocycles. The molecule has 1 aromatic carbocycles. The summed E-state index contributed by atoms with van der Waals surface area (Å²) in [6.07, 6.45) is 1.48. The van der Waals surface area contributed by atoms with E-state index in [1.165, 1.54) is 29.1 Å². The van der Waals surface area contributed by atoms with Crippen LogP contribution in [0.1, 0.15) is 21.5 Å². The highest BCUT2D eigenvalue weighted by Gasteiger charge is 2.16. The number of nitrogens with zero attached hydrogens (tertiary/aromatic N) is 2. The normalized spacial score (nSPS) is 10.3. The van der Waals surface area contributed by atoms with Crippen molar-refractivity contribution in [3.8, 4) is 0 Å². The molecule has 1 amide bonds. The van der Waals surface area contributed by atoms with E-state index in [9.17, 15) is 9.18 Å². The van der Waals surface area contributed by atoms with Crippen LogP contribution in [0.3, 0.4) is 0 Å². The van der Waals surface area contributed by atoms with Crippen LogP contribution < -0.4 is 11.1 Å². The molecule has 0 saturated heterocycles.